The van der Waals surface area contributed by atoms with Crippen LogP contribution < -0.4 is 5.32 Å². The fourth-order valence-electron chi connectivity index (χ4n) is 3.26. The van der Waals surface area contributed by atoms with Gasteiger partial charge in [-0.2, -0.15) is 0 Å². The van der Waals surface area contributed by atoms with E-state index in [1.165, 1.54) is 31.2 Å². The second-order valence-corrected chi connectivity index (χ2v) is 6.41. The number of rotatable bonds is 5. The lowest BCUT2D eigenvalue weighted by Crippen LogP contribution is -2.21. The molecule has 0 aromatic carbocycles. The van der Waals surface area contributed by atoms with Crippen LogP contribution in [0.25, 0.3) is 0 Å². The van der Waals surface area contributed by atoms with Gasteiger partial charge in [0.15, 0.2) is 0 Å². The Kier molecular flexibility index (Phi) is 5.53. The Morgan fingerprint density at radius 2 is 2.20 bits per heavy atom. The van der Waals surface area contributed by atoms with Crippen molar-refractivity contribution in [2.45, 2.75) is 71.8 Å². The van der Waals surface area contributed by atoms with E-state index in [1.807, 2.05) is 6.20 Å². The van der Waals surface area contributed by atoms with Crippen LogP contribution >= 0.6 is 0 Å². The van der Waals surface area contributed by atoms with Crippen LogP contribution in [0, 0.1) is 12.8 Å². The molecule has 1 heterocycles. The molecule has 112 valence electrons. The number of nitrogens with one attached hydrogen (secondary N) is 1. The molecule has 0 bridgehead atoms. The maximum absolute atomic E-state index is 4.81. The van der Waals surface area contributed by atoms with Crippen molar-refractivity contribution in [2.75, 3.05) is 6.54 Å². The van der Waals surface area contributed by atoms with Gasteiger partial charge in [0.1, 0.15) is 5.82 Å². The highest BCUT2D eigenvalue weighted by atomic mass is 14.9. The van der Waals surface area contributed by atoms with Crippen molar-refractivity contribution in [2.24, 2.45) is 5.92 Å². The highest BCUT2D eigenvalue weighted by Crippen LogP contribution is 2.34. The van der Waals surface area contributed by atoms with Crippen molar-refractivity contribution in [1.82, 2.24) is 15.3 Å². The topological polar surface area (TPSA) is 37.8 Å². The van der Waals surface area contributed by atoms with Crippen molar-refractivity contribution in [3.8, 4) is 0 Å². The molecule has 3 unspecified atom stereocenters. The van der Waals surface area contributed by atoms with Crippen LogP contribution in [0.2, 0.25) is 0 Å². The Labute approximate surface area is 123 Å². The minimum absolute atomic E-state index is 0.342. The smallest absolute Gasteiger partial charge is 0.131 e. The van der Waals surface area contributed by atoms with E-state index in [1.54, 1.807) is 0 Å². The molecule has 0 saturated heterocycles. The normalized spacial score (nSPS) is 24.6. The van der Waals surface area contributed by atoms with Crippen LogP contribution in [0.3, 0.4) is 0 Å². The highest BCUT2D eigenvalue weighted by molar-refractivity contribution is 5.21. The lowest BCUT2D eigenvalue weighted by atomic mass is 9.82. The van der Waals surface area contributed by atoms with Crippen LogP contribution in [0.5, 0.6) is 0 Å². The molecule has 1 saturated carbocycles. The van der Waals surface area contributed by atoms with E-state index in [9.17, 15) is 0 Å². The van der Waals surface area contributed by atoms with E-state index in [-0.39, 0.29) is 0 Å². The molecule has 1 fully saturated rings. The predicted molar refractivity (Wildman–Crippen MR) is 83.9 cm³/mol. The van der Waals surface area contributed by atoms with Gasteiger partial charge in [0.2, 0.25) is 0 Å². The van der Waals surface area contributed by atoms with E-state index < -0.39 is 0 Å². The SMILES string of the molecule is CCCNC(C)c1cnc(C2CCCC(C)C2)nc1C. The molecule has 3 heteroatoms. The van der Waals surface area contributed by atoms with Gasteiger partial charge in [-0.1, -0.05) is 26.7 Å². The van der Waals surface area contributed by atoms with Gasteiger partial charge in [-0.3, -0.25) is 0 Å². The molecule has 1 aliphatic carbocycles. The highest BCUT2D eigenvalue weighted by Gasteiger charge is 2.23. The zero-order valence-corrected chi connectivity index (χ0v) is 13.4. The van der Waals surface area contributed by atoms with Crippen molar-refractivity contribution < 1.29 is 0 Å². The average Bonchev–Trinajstić information content (AvgIpc) is 2.44. The second-order valence-electron chi connectivity index (χ2n) is 6.41. The fourth-order valence-corrected chi connectivity index (χ4v) is 3.26. The summed E-state index contributed by atoms with van der Waals surface area (Å²) in [5, 5.41) is 3.52. The number of aromatic nitrogens is 2. The molecule has 0 aliphatic heterocycles. The van der Waals surface area contributed by atoms with Crippen LogP contribution in [0.15, 0.2) is 6.20 Å². The molecule has 1 aliphatic rings. The molecule has 0 amide bonds. The lowest BCUT2D eigenvalue weighted by Gasteiger charge is -2.26. The molecule has 3 atom stereocenters. The Morgan fingerprint density at radius 3 is 2.85 bits per heavy atom. The first-order valence-electron chi connectivity index (χ1n) is 8.18. The first-order chi connectivity index (χ1) is 9.61. The Hall–Kier alpha value is -0.960. The molecule has 20 heavy (non-hydrogen) atoms. The zero-order chi connectivity index (χ0) is 14.5. The molecule has 1 aromatic heterocycles. The summed E-state index contributed by atoms with van der Waals surface area (Å²) in [5.74, 6) is 2.47. The summed E-state index contributed by atoms with van der Waals surface area (Å²) < 4.78 is 0. The molecule has 3 nitrogen and oxygen atoms in total. The third-order valence-corrected chi connectivity index (χ3v) is 4.50. The number of hydrogen-bond donors (Lipinski definition) is 1. The average molecular weight is 275 g/mol. The van der Waals surface area contributed by atoms with Crippen LogP contribution in [-0.4, -0.2) is 16.5 Å². The van der Waals surface area contributed by atoms with Gasteiger partial charge < -0.3 is 5.32 Å². The first-order valence-corrected chi connectivity index (χ1v) is 8.18. The van der Waals surface area contributed by atoms with Crippen molar-refractivity contribution in [1.29, 1.82) is 0 Å². The van der Waals surface area contributed by atoms with Gasteiger partial charge in [0.05, 0.1) is 0 Å². The molecular weight excluding hydrogens is 246 g/mol. The fraction of sp³-hybridized carbons (Fsp3) is 0.765. The van der Waals surface area contributed by atoms with Crippen molar-refractivity contribution in [3.05, 3.63) is 23.3 Å². The van der Waals surface area contributed by atoms with E-state index in [0.29, 0.717) is 12.0 Å². The summed E-state index contributed by atoms with van der Waals surface area (Å²) >= 11 is 0. The van der Waals surface area contributed by atoms with Gasteiger partial charge in [0, 0.05) is 29.4 Å². The van der Waals surface area contributed by atoms with E-state index in [2.05, 4.69) is 38.0 Å². The maximum Gasteiger partial charge on any atom is 0.131 e. The van der Waals surface area contributed by atoms with Gasteiger partial charge in [-0.15, -0.1) is 0 Å². The monoisotopic (exact) mass is 275 g/mol. The van der Waals surface area contributed by atoms with Gasteiger partial charge in [-0.05, 0) is 45.6 Å². The molecule has 0 spiro atoms. The Bertz CT molecular complexity index is 430. The van der Waals surface area contributed by atoms with Crippen LogP contribution in [0.1, 0.15) is 81.9 Å². The minimum atomic E-state index is 0.342. The summed E-state index contributed by atoms with van der Waals surface area (Å²) in [4.78, 5) is 9.48. The first kappa shape index (κ1) is 15.4. The van der Waals surface area contributed by atoms with E-state index >= 15 is 0 Å². The molecular formula is C17H29N3. The molecule has 2 rings (SSSR count). The van der Waals surface area contributed by atoms with Crippen molar-refractivity contribution >= 4 is 0 Å². The van der Waals surface area contributed by atoms with E-state index in [4.69, 9.17) is 4.98 Å². The Morgan fingerprint density at radius 1 is 1.40 bits per heavy atom. The standard InChI is InChI=1S/C17H29N3/c1-5-9-18-13(3)16-11-19-17(20-14(16)4)15-8-6-7-12(2)10-15/h11-13,15,18H,5-10H2,1-4H3. The van der Waals surface area contributed by atoms with Crippen LogP contribution in [-0.2, 0) is 0 Å². The van der Waals surface area contributed by atoms with Crippen LogP contribution in [0.4, 0.5) is 0 Å². The number of aryl methyl sites for hydroxylation is 1. The van der Waals surface area contributed by atoms with E-state index in [0.717, 1.165) is 30.4 Å². The summed E-state index contributed by atoms with van der Waals surface area (Å²) in [5.41, 5.74) is 2.38. The number of nitrogens with zero attached hydrogens (tertiary/aromatic N) is 2. The number of hydrogen-bond acceptors (Lipinski definition) is 3. The Balaban J connectivity index is 2.08. The summed E-state index contributed by atoms with van der Waals surface area (Å²) in [6.07, 6.45) is 8.40. The molecule has 0 radical (unpaired) electrons. The zero-order valence-electron chi connectivity index (χ0n) is 13.4. The van der Waals surface area contributed by atoms with Gasteiger partial charge in [-0.25, -0.2) is 9.97 Å². The second kappa shape index (κ2) is 7.16. The largest absolute Gasteiger partial charge is 0.310 e. The predicted octanol–water partition coefficient (Wildman–Crippen LogP) is 4.14. The van der Waals surface area contributed by atoms with Gasteiger partial charge in [0.25, 0.3) is 0 Å². The third kappa shape index (κ3) is 3.78. The maximum atomic E-state index is 4.81. The minimum Gasteiger partial charge on any atom is -0.310 e. The molecule has 1 aromatic rings. The third-order valence-electron chi connectivity index (χ3n) is 4.50. The lowest BCUT2D eigenvalue weighted by molar-refractivity contribution is 0.334. The molecule has 1 N–H and O–H groups in total. The summed E-state index contributed by atoms with van der Waals surface area (Å²) in [7, 11) is 0. The summed E-state index contributed by atoms with van der Waals surface area (Å²) in [6.45, 7) is 9.91. The quantitative estimate of drug-likeness (QED) is 0.877. The van der Waals surface area contributed by atoms with Gasteiger partial charge >= 0.3 is 0 Å². The van der Waals surface area contributed by atoms with Crippen molar-refractivity contribution in [3.63, 3.8) is 0 Å². The summed E-state index contributed by atoms with van der Waals surface area (Å²) in [6, 6.07) is 0.342.